The molecule has 2 heterocycles. The van der Waals surface area contributed by atoms with Crippen LogP contribution >= 0.6 is 11.3 Å². The van der Waals surface area contributed by atoms with Gasteiger partial charge >= 0.3 is 0 Å². The Balaban J connectivity index is 1.75. The van der Waals surface area contributed by atoms with E-state index >= 15 is 0 Å². The SMILES string of the molecule is CCc1nc(C(C)NC(=O)c2ccc3sccc3c2)n[nH]1. The number of aryl methyl sites for hydroxylation is 1. The lowest BCUT2D eigenvalue weighted by Gasteiger charge is -2.10. The lowest BCUT2D eigenvalue weighted by atomic mass is 10.1. The number of H-pyrrole nitrogens is 1. The first-order valence-electron chi connectivity index (χ1n) is 6.86. The zero-order valence-electron chi connectivity index (χ0n) is 11.9. The molecule has 0 bridgehead atoms. The number of carbonyl (C=O) groups is 1. The third kappa shape index (κ3) is 2.80. The Bertz CT molecular complexity index is 777. The van der Waals surface area contributed by atoms with Gasteiger partial charge in [0, 0.05) is 16.7 Å². The number of amides is 1. The minimum absolute atomic E-state index is 0.113. The quantitative estimate of drug-likeness (QED) is 0.778. The molecule has 3 aromatic rings. The van der Waals surface area contributed by atoms with Crippen LogP contribution in [0, 0.1) is 0 Å². The van der Waals surface area contributed by atoms with Crippen molar-refractivity contribution in [3.63, 3.8) is 0 Å². The maximum Gasteiger partial charge on any atom is 0.251 e. The molecule has 0 aliphatic rings. The van der Waals surface area contributed by atoms with Crippen LogP contribution < -0.4 is 5.32 Å². The van der Waals surface area contributed by atoms with E-state index in [4.69, 9.17) is 0 Å². The van der Waals surface area contributed by atoms with Gasteiger partial charge in [0.1, 0.15) is 5.82 Å². The predicted octanol–water partition coefficient (Wildman–Crippen LogP) is 3.07. The van der Waals surface area contributed by atoms with Crippen LogP contribution in [-0.4, -0.2) is 21.1 Å². The Labute approximate surface area is 126 Å². The van der Waals surface area contributed by atoms with E-state index in [1.54, 1.807) is 11.3 Å². The van der Waals surface area contributed by atoms with Crippen LogP contribution in [0.15, 0.2) is 29.6 Å². The van der Waals surface area contributed by atoms with E-state index in [1.165, 1.54) is 4.70 Å². The van der Waals surface area contributed by atoms with Crippen LogP contribution in [0.2, 0.25) is 0 Å². The van der Waals surface area contributed by atoms with Crippen molar-refractivity contribution >= 4 is 27.3 Å². The van der Waals surface area contributed by atoms with E-state index in [2.05, 4.69) is 20.5 Å². The summed E-state index contributed by atoms with van der Waals surface area (Å²) in [7, 11) is 0. The molecule has 3 rings (SSSR count). The zero-order valence-corrected chi connectivity index (χ0v) is 12.7. The molecule has 0 aliphatic heterocycles. The molecule has 0 spiro atoms. The number of carbonyl (C=O) groups excluding carboxylic acids is 1. The summed E-state index contributed by atoms with van der Waals surface area (Å²) >= 11 is 1.67. The van der Waals surface area contributed by atoms with Gasteiger partial charge in [-0.3, -0.25) is 9.89 Å². The largest absolute Gasteiger partial charge is 0.342 e. The van der Waals surface area contributed by atoms with Gasteiger partial charge in [-0.05, 0) is 42.0 Å². The summed E-state index contributed by atoms with van der Waals surface area (Å²) in [6, 6.07) is 7.51. The van der Waals surface area contributed by atoms with Crippen LogP contribution in [0.4, 0.5) is 0 Å². The Morgan fingerprint density at radius 2 is 2.29 bits per heavy atom. The summed E-state index contributed by atoms with van der Waals surface area (Å²) in [5.74, 6) is 1.32. The first-order chi connectivity index (χ1) is 10.2. The fourth-order valence-corrected chi connectivity index (χ4v) is 2.89. The minimum atomic E-state index is -0.229. The van der Waals surface area contributed by atoms with Gasteiger partial charge in [-0.25, -0.2) is 4.98 Å². The number of aromatic amines is 1. The molecule has 108 valence electrons. The van der Waals surface area contributed by atoms with Crippen LogP contribution in [-0.2, 0) is 6.42 Å². The minimum Gasteiger partial charge on any atom is -0.342 e. The van der Waals surface area contributed by atoms with Crippen molar-refractivity contribution in [1.82, 2.24) is 20.5 Å². The van der Waals surface area contributed by atoms with E-state index in [0.29, 0.717) is 11.4 Å². The molecule has 2 N–H and O–H groups in total. The molecule has 0 saturated carbocycles. The standard InChI is InChI=1S/C15H16N4OS/c1-3-13-17-14(19-18-13)9(2)16-15(20)11-4-5-12-10(8-11)6-7-21-12/h4-9H,3H2,1-2H3,(H,16,20)(H,17,18,19). The highest BCUT2D eigenvalue weighted by Gasteiger charge is 2.15. The molecular formula is C15H16N4OS. The van der Waals surface area contributed by atoms with E-state index in [-0.39, 0.29) is 11.9 Å². The van der Waals surface area contributed by atoms with Gasteiger partial charge in [-0.1, -0.05) is 6.92 Å². The van der Waals surface area contributed by atoms with Crippen LogP contribution in [0.1, 0.15) is 41.9 Å². The molecule has 0 aliphatic carbocycles. The van der Waals surface area contributed by atoms with Gasteiger partial charge in [0.2, 0.25) is 0 Å². The molecule has 1 aromatic carbocycles. The number of benzene rings is 1. The number of aromatic nitrogens is 3. The smallest absolute Gasteiger partial charge is 0.251 e. The molecule has 21 heavy (non-hydrogen) atoms. The van der Waals surface area contributed by atoms with Crippen molar-refractivity contribution < 1.29 is 4.79 Å². The van der Waals surface area contributed by atoms with E-state index < -0.39 is 0 Å². The highest BCUT2D eigenvalue weighted by molar-refractivity contribution is 7.17. The molecule has 1 amide bonds. The Kier molecular flexibility index (Phi) is 3.70. The summed E-state index contributed by atoms with van der Waals surface area (Å²) in [4.78, 5) is 16.6. The summed E-state index contributed by atoms with van der Waals surface area (Å²) in [5, 5.41) is 13.0. The van der Waals surface area contributed by atoms with Crippen LogP contribution in [0.3, 0.4) is 0 Å². The molecule has 0 radical (unpaired) electrons. The normalized spacial score (nSPS) is 12.5. The van der Waals surface area contributed by atoms with Crippen LogP contribution in [0.25, 0.3) is 10.1 Å². The third-order valence-electron chi connectivity index (χ3n) is 3.33. The van der Waals surface area contributed by atoms with Crippen molar-refractivity contribution in [3.8, 4) is 0 Å². The fraction of sp³-hybridized carbons (Fsp3) is 0.267. The number of thiophene rings is 1. The van der Waals surface area contributed by atoms with Crippen molar-refractivity contribution in [1.29, 1.82) is 0 Å². The second-order valence-electron chi connectivity index (χ2n) is 4.86. The maximum atomic E-state index is 12.3. The number of hydrogen-bond donors (Lipinski definition) is 2. The number of hydrogen-bond acceptors (Lipinski definition) is 4. The van der Waals surface area contributed by atoms with Crippen molar-refractivity contribution in [3.05, 3.63) is 46.9 Å². The number of nitrogens with zero attached hydrogens (tertiary/aromatic N) is 2. The first kappa shape index (κ1) is 13.8. The lowest BCUT2D eigenvalue weighted by Crippen LogP contribution is -2.27. The highest BCUT2D eigenvalue weighted by atomic mass is 32.1. The van der Waals surface area contributed by atoms with Gasteiger partial charge in [0.15, 0.2) is 5.82 Å². The average Bonchev–Trinajstić information content (AvgIpc) is 3.15. The Morgan fingerprint density at radius 1 is 1.43 bits per heavy atom. The molecule has 1 unspecified atom stereocenters. The Morgan fingerprint density at radius 3 is 3.05 bits per heavy atom. The monoisotopic (exact) mass is 300 g/mol. The molecule has 6 heteroatoms. The van der Waals surface area contributed by atoms with E-state index in [9.17, 15) is 4.79 Å². The van der Waals surface area contributed by atoms with Crippen molar-refractivity contribution in [2.45, 2.75) is 26.3 Å². The lowest BCUT2D eigenvalue weighted by molar-refractivity contribution is 0.0938. The van der Waals surface area contributed by atoms with Gasteiger partial charge < -0.3 is 5.32 Å². The molecule has 2 aromatic heterocycles. The molecule has 0 saturated heterocycles. The molecular weight excluding hydrogens is 284 g/mol. The van der Waals surface area contributed by atoms with E-state index in [1.807, 2.05) is 43.5 Å². The number of rotatable bonds is 4. The third-order valence-corrected chi connectivity index (χ3v) is 4.23. The molecule has 0 fully saturated rings. The second kappa shape index (κ2) is 5.65. The maximum absolute atomic E-state index is 12.3. The fourth-order valence-electron chi connectivity index (χ4n) is 2.11. The number of nitrogens with one attached hydrogen (secondary N) is 2. The van der Waals surface area contributed by atoms with Gasteiger partial charge in [0.05, 0.1) is 6.04 Å². The molecule has 5 nitrogen and oxygen atoms in total. The van der Waals surface area contributed by atoms with Gasteiger partial charge in [0.25, 0.3) is 5.91 Å². The highest BCUT2D eigenvalue weighted by Crippen LogP contribution is 2.22. The van der Waals surface area contributed by atoms with Crippen molar-refractivity contribution in [2.75, 3.05) is 0 Å². The summed E-state index contributed by atoms with van der Waals surface area (Å²) in [6.45, 7) is 3.88. The Hall–Kier alpha value is -2.21. The van der Waals surface area contributed by atoms with E-state index in [0.717, 1.165) is 17.6 Å². The topological polar surface area (TPSA) is 70.7 Å². The predicted molar refractivity (Wildman–Crippen MR) is 83.5 cm³/mol. The van der Waals surface area contributed by atoms with Crippen LogP contribution in [0.5, 0.6) is 0 Å². The summed E-state index contributed by atoms with van der Waals surface area (Å²) in [6.07, 6.45) is 0.794. The van der Waals surface area contributed by atoms with Gasteiger partial charge in [-0.15, -0.1) is 11.3 Å². The summed E-state index contributed by atoms with van der Waals surface area (Å²) in [5.41, 5.74) is 0.652. The second-order valence-corrected chi connectivity index (χ2v) is 5.81. The van der Waals surface area contributed by atoms with Crippen molar-refractivity contribution in [2.24, 2.45) is 0 Å². The van der Waals surface area contributed by atoms with Gasteiger partial charge in [-0.2, -0.15) is 5.10 Å². The first-order valence-corrected chi connectivity index (χ1v) is 7.74. The average molecular weight is 300 g/mol. The summed E-state index contributed by atoms with van der Waals surface area (Å²) < 4.78 is 1.18. The zero-order chi connectivity index (χ0) is 14.8. The molecule has 1 atom stereocenters. The number of fused-ring (bicyclic) bond motifs is 1.